The Morgan fingerprint density at radius 2 is 1.60 bits per heavy atom. The first-order chi connectivity index (χ1) is 27.4. The van der Waals surface area contributed by atoms with Crippen molar-refractivity contribution in [2.24, 2.45) is 17.1 Å². The van der Waals surface area contributed by atoms with Crippen molar-refractivity contribution >= 4 is 35.1 Å². The first-order valence-electron chi connectivity index (χ1n) is 20.3. The topological polar surface area (TPSA) is 166 Å². The van der Waals surface area contributed by atoms with Gasteiger partial charge in [0.15, 0.2) is 0 Å². The average molecular weight is 771 g/mol. The minimum Gasteiger partial charge on any atom is -0.490 e. The van der Waals surface area contributed by atoms with Gasteiger partial charge in [-0.05, 0) is 134 Å². The van der Waals surface area contributed by atoms with Crippen LogP contribution in [0.1, 0.15) is 118 Å². The molecule has 296 valence electrons. The number of anilines is 1. The summed E-state index contributed by atoms with van der Waals surface area (Å²) in [4.78, 5) is 69.8. The number of nitrogens with one attached hydrogen (secondary N) is 1. The average Bonchev–Trinajstić information content (AvgIpc) is 3.68. The van der Waals surface area contributed by atoms with Crippen molar-refractivity contribution in [1.82, 2.24) is 15.1 Å². The fraction of sp³-hybridized carbons (Fsp3) is 0.467. The molecule has 3 heterocycles. The largest absolute Gasteiger partial charge is 0.490 e. The normalized spacial score (nSPS) is 23.3. The number of rotatable bonds is 13. The first kappa shape index (κ1) is 38.3. The zero-order chi connectivity index (χ0) is 40.0. The van der Waals surface area contributed by atoms with Crippen LogP contribution in [0.15, 0.2) is 54.6 Å². The van der Waals surface area contributed by atoms with E-state index in [4.69, 9.17) is 15.7 Å². The highest BCUT2D eigenvalue weighted by Gasteiger charge is 2.54. The summed E-state index contributed by atoms with van der Waals surface area (Å²) >= 11 is 0. The van der Waals surface area contributed by atoms with E-state index in [-0.39, 0.29) is 42.1 Å². The van der Waals surface area contributed by atoms with Crippen LogP contribution in [0.2, 0.25) is 0 Å². The standard InChI is InChI=1S/C45H50N6O6/c1-3-35(52)9-11-40(41(47)53)51-43(55)38-17-31-25-49(26-32(31)18-39(38)44(51)56)24-28-12-14-50(15-13-28)34-7-4-29(5-8-34)42(54)48-33-19-45(20-33)21-37(22-45)57-36-10-6-30(23-46)27(2)16-36/h4-8,10,16-18,28,33,37,40H,3,9,11-15,19-22,24-26H2,1-2H3,(H2,47,53)(H,48,54). The lowest BCUT2D eigenvalue weighted by atomic mass is 9.53. The molecule has 2 aliphatic carbocycles. The maximum Gasteiger partial charge on any atom is 0.262 e. The smallest absolute Gasteiger partial charge is 0.262 e. The van der Waals surface area contributed by atoms with Crippen LogP contribution in [-0.4, -0.2) is 77.0 Å². The molecule has 3 N–H and O–H groups in total. The summed E-state index contributed by atoms with van der Waals surface area (Å²) in [5.41, 5.74) is 11.9. The number of nitrogens with two attached hydrogens (primary N) is 1. The lowest BCUT2D eigenvalue weighted by molar-refractivity contribution is -0.123. The molecule has 2 saturated carbocycles. The number of nitriles is 1. The summed E-state index contributed by atoms with van der Waals surface area (Å²) < 4.78 is 6.16. The fourth-order valence-corrected chi connectivity index (χ4v) is 9.78. The van der Waals surface area contributed by atoms with Gasteiger partial charge in [0.1, 0.15) is 17.6 Å². The Labute approximate surface area is 333 Å². The van der Waals surface area contributed by atoms with Gasteiger partial charge in [-0.15, -0.1) is 0 Å². The molecule has 0 radical (unpaired) electrons. The minimum absolute atomic E-state index is 0.0295. The van der Waals surface area contributed by atoms with Gasteiger partial charge in [0.25, 0.3) is 17.7 Å². The van der Waals surface area contributed by atoms with Crippen molar-refractivity contribution in [2.75, 3.05) is 24.5 Å². The van der Waals surface area contributed by atoms with Crippen LogP contribution in [0.4, 0.5) is 5.69 Å². The second-order valence-electron chi connectivity index (χ2n) is 17.0. The second kappa shape index (κ2) is 15.4. The Balaban J connectivity index is 0.767. The number of hydrogen-bond donors (Lipinski definition) is 2. The third kappa shape index (κ3) is 7.65. The molecule has 3 aromatic carbocycles. The third-order valence-electron chi connectivity index (χ3n) is 13.0. The van der Waals surface area contributed by atoms with Crippen LogP contribution in [-0.2, 0) is 22.7 Å². The van der Waals surface area contributed by atoms with Crippen LogP contribution < -0.4 is 20.7 Å². The molecule has 1 atom stereocenters. The van der Waals surface area contributed by atoms with Crippen LogP contribution >= 0.6 is 0 Å². The van der Waals surface area contributed by atoms with Gasteiger partial charge < -0.3 is 20.7 Å². The maximum absolute atomic E-state index is 13.4. The summed E-state index contributed by atoms with van der Waals surface area (Å²) in [6.45, 7) is 7.80. The van der Waals surface area contributed by atoms with E-state index < -0.39 is 23.8 Å². The van der Waals surface area contributed by atoms with E-state index in [1.807, 2.05) is 49.4 Å². The number of fused-ring (bicyclic) bond motifs is 2. The highest BCUT2D eigenvalue weighted by atomic mass is 16.5. The number of nitrogens with zero attached hydrogens (tertiary/aromatic N) is 4. The highest BCUT2D eigenvalue weighted by molar-refractivity contribution is 6.23. The molecule has 3 aromatic rings. The first-order valence-corrected chi connectivity index (χ1v) is 20.3. The van der Waals surface area contributed by atoms with Crippen LogP contribution in [0.25, 0.3) is 0 Å². The Kier molecular flexibility index (Phi) is 10.4. The Morgan fingerprint density at radius 1 is 0.947 bits per heavy atom. The van der Waals surface area contributed by atoms with E-state index in [1.165, 1.54) is 0 Å². The summed E-state index contributed by atoms with van der Waals surface area (Å²) in [5, 5.41) is 12.4. The predicted molar refractivity (Wildman–Crippen MR) is 212 cm³/mol. The van der Waals surface area contributed by atoms with Crippen molar-refractivity contribution in [3.8, 4) is 11.8 Å². The van der Waals surface area contributed by atoms with E-state index in [0.29, 0.717) is 47.7 Å². The number of piperidine rings is 1. The van der Waals surface area contributed by atoms with E-state index in [0.717, 1.165) is 91.2 Å². The number of amides is 4. The molecule has 0 aromatic heterocycles. The zero-order valence-corrected chi connectivity index (χ0v) is 32.7. The molecule has 0 bridgehead atoms. The maximum atomic E-state index is 13.4. The monoisotopic (exact) mass is 770 g/mol. The fourth-order valence-electron chi connectivity index (χ4n) is 9.78. The van der Waals surface area contributed by atoms with Crippen molar-refractivity contribution < 1.29 is 28.7 Å². The van der Waals surface area contributed by atoms with Crippen LogP contribution in [0.5, 0.6) is 5.75 Å². The number of aryl methyl sites for hydroxylation is 1. The summed E-state index contributed by atoms with van der Waals surface area (Å²) in [5.74, 6) is -0.596. The highest BCUT2D eigenvalue weighted by Crippen LogP contribution is 2.57. The van der Waals surface area contributed by atoms with E-state index in [9.17, 15) is 24.0 Å². The third-order valence-corrected chi connectivity index (χ3v) is 13.0. The number of ketones is 1. The van der Waals surface area contributed by atoms with Gasteiger partial charge in [-0.3, -0.25) is 33.8 Å². The van der Waals surface area contributed by atoms with E-state index in [2.05, 4.69) is 21.2 Å². The Morgan fingerprint density at radius 3 is 2.18 bits per heavy atom. The minimum atomic E-state index is -1.15. The quantitative estimate of drug-likeness (QED) is 0.216. The molecule has 5 aliphatic rings. The van der Waals surface area contributed by atoms with Gasteiger partial charge in [0.2, 0.25) is 5.91 Å². The zero-order valence-electron chi connectivity index (χ0n) is 32.7. The van der Waals surface area contributed by atoms with Gasteiger partial charge in [-0.2, -0.15) is 5.26 Å². The summed E-state index contributed by atoms with van der Waals surface area (Å²) in [7, 11) is 0. The molecule has 3 fully saturated rings. The second-order valence-corrected chi connectivity index (χ2v) is 17.0. The Hall–Kier alpha value is -5.54. The van der Waals surface area contributed by atoms with Crippen LogP contribution in [0.3, 0.4) is 0 Å². The molecule has 12 nitrogen and oxygen atoms in total. The number of carbonyl (C=O) groups is 5. The summed E-state index contributed by atoms with van der Waals surface area (Å²) in [6, 6.07) is 18.4. The molecule has 4 amide bonds. The lowest BCUT2D eigenvalue weighted by Crippen LogP contribution is -2.58. The number of Topliss-reactive ketones (excluding diaryl/α,β-unsaturated/α-hetero) is 1. The predicted octanol–water partition coefficient (Wildman–Crippen LogP) is 5.43. The number of benzene rings is 3. The van der Waals surface area contributed by atoms with Crippen molar-refractivity contribution in [3.05, 3.63) is 93.5 Å². The molecular weight excluding hydrogens is 721 g/mol. The van der Waals surface area contributed by atoms with Gasteiger partial charge in [-0.1, -0.05) is 6.92 Å². The number of ether oxygens (including phenoxy) is 1. The van der Waals surface area contributed by atoms with Gasteiger partial charge >= 0.3 is 0 Å². The van der Waals surface area contributed by atoms with Gasteiger partial charge in [0, 0.05) is 62.9 Å². The molecule has 57 heavy (non-hydrogen) atoms. The molecule has 1 saturated heterocycles. The molecule has 1 spiro atoms. The van der Waals surface area contributed by atoms with E-state index >= 15 is 0 Å². The van der Waals surface area contributed by atoms with Gasteiger partial charge in [-0.25, -0.2) is 0 Å². The number of imide groups is 1. The molecule has 3 aliphatic heterocycles. The van der Waals surface area contributed by atoms with Crippen molar-refractivity contribution in [3.63, 3.8) is 0 Å². The molecular formula is C45H50N6O6. The molecule has 1 unspecified atom stereocenters. The number of primary amides is 1. The summed E-state index contributed by atoms with van der Waals surface area (Å²) in [6.07, 6.45) is 6.62. The SMILES string of the molecule is CCC(=O)CCC(C(N)=O)N1C(=O)c2cc3c(cc2C1=O)CN(CC1CCN(c2ccc(C(=O)NC4CC5(C4)CC(Oc4ccc(C#N)c(C)c4)C5)cc2)CC1)C3. The van der Waals surface area contributed by atoms with Gasteiger partial charge in [0.05, 0.1) is 28.9 Å². The van der Waals surface area contributed by atoms with Crippen molar-refractivity contribution in [2.45, 2.75) is 103 Å². The Bertz CT molecular complexity index is 2110. The molecule has 12 heteroatoms. The van der Waals surface area contributed by atoms with Crippen LogP contribution in [0, 0.1) is 29.6 Å². The van der Waals surface area contributed by atoms with Crippen molar-refractivity contribution in [1.29, 1.82) is 5.26 Å². The lowest BCUT2D eigenvalue weighted by Gasteiger charge is -2.57. The number of carbonyl (C=O) groups excluding carboxylic acids is 5. The number of hydrogen-bond acceptors (Lipinski definition) is 9. The molecule has 8 rings (SSSR count). The van der Waals surface area contributed by atoms with E-state index in [1.54, 1.807) is 19.1 Å².